The molecule has 2 N–H and O–H groups in total. The highest BCUT2D eigenvalue weighted by molar-refractivity contribution is 6.11. The molecule has 3 heterocycles. The minimum Gasteiger partial charge on any atom is -0.327 e. The summed E-state index contributed by atoms with van der Waals surface area (Å²) >= 11 is 0. The lowest BCUT2D eigenvalue weighted by Gasteiger charge is -2.28. The van der Waals surface area contributed by atoms with Gasteiger partial charge in [-0.2, -0.15) is 0 Å². The maximum absolute atomic E-state index is 13.4. The first-order valence-electron chi connectivity index (χ1n) is 11.8. The van der Waals surface area contributed by atoms with E-state index in [1.165, 1.54) is 0 Å². The Morgan fingerprint density at radius 2 is 1.88 bits per heavy atom. The second-order valence-corrected chi connectivity index (χ2v) is 9.63. The van der Waals surface area contributed by atoms with Crippen LogP contribution >= 0.6 is 0 Å². The molecule has 5 rings (SSSR count). The number of fused-ring (bicyclic) bond motifs is 3. The molecule has 0 aromatic heterocycles. The molecule has 8 heteroatoms. The van der Waals surface area contributed by atoms with Crippen LogP contribution < -0.4 is 10.6 Å². The normalized spacial score (nSPS) is 20.0. The van der Waals surface area contributed by atoms with E-state index in [4.69, 9.17) is 0 Å². The minimum absolute atomic E-state index is 0.142. The van der Waals surface area contributed by atoms with Crippen LogP contribution in [0.3, 0.4) is 0 Å². The highest BCUT2D eigenvalue weighted by atomic mass is 16.2. The number of benzene rings is 2. The van der Waals surface area contributed by atoms with Crippen molar-refractivity contribution in [2.24, 2.45) is 5.92 Å². The molecule has 2 atom stereocenters. The predicted octanol–water partition coefficient (Wildman–Crippen LogP) is 3.25. The quantitative estimate of drug-likeness (QED) is 0.716. The third-order valence-corrected chi connectivity index (χ3v) is 6.81. The van der Waals surface area contributed by atoms with Gasteiger partial charge < -0.3 is 20.4 Å². The molecule has 34 heavy (non-hydrogen) atoms. The Morgan fingerprint density at radius 3 is 2.65 bits per heavy atom. The average Bonchev–Trinajstić information content (AvgIpc) is 3.41. The van der Waals surface area contributed by atoms with Crippen molar-refractivity contribution >= 4 is 35.0 Å². The van der Waals surface area contributed by atoms with Gasteiger partial charge in [0, 0.05) is 24.3 Å². The van der Waals surface area contributed by atoms with Gasteiger partial charge in [-0.3, -0.25) is 19.2 Å². The second kappa shape index (κ2) is 8.59. The molecule has 176 valence electrons. The lowest BCUT2D eigenvalue weighted by molar-refractivity contribution is -0.121. The molecule has 0 radical (unpaired) electrons. The molecule has 8 nitrogen and oxygen atoms in total. The van der Waals surface area contributed by atoms with Gasteiger partial charge in [-0.1, -0.05) is 32.0 Å². The van der Waals surface area contributed by atoms with Gasteiger partial charge in [0.25, 0.3) is 11.8 Å². The summed E-state index contributed by atoms with van der Waals surface area (Å²) in [6.45, 7) is 4.97. The maximum atomic E-state index is 13.4. The van der Waals surface area contributed by atoms with E-state index in [0.29, 0.717) is 48.4 Å². The van der Waals surface area contributed by atoms with E-state index in [9.17, 15) is 19.2 Å². The van der Waals surface area contributed by atoms with Gasteiger partial charge in [-0.05, 0) is 55.0 Å². The van der Waals surface area contributed by atoms with Crippen LogP contribution in [-0.2, 0) is 16.1 Å². The lowest BCUT2D eigenvalue weighted by atomic mass is 10.0. The molecule has 0 unspecified atom stereocenters. The Hall–Kier alpha value is -3.68. The molecule has 1 saturated heterocycles. The van der Waals surface area contributed by atoms with Gasteiger partial charge in [0.1, 0.15) is 12.1 Å². The van der Waals surface area contributed by atoms with Crippen molar-refractivity contribution in [1.82, 2.24) is 9.80 Å². The Kier molecular flexibility index (Phi) is 5.59. The fourth-order valence-corrected chi connectivity index (χ4v) is 5.14. The van der Waals surface area contributed by atoms with Crippen molar-refractivity contribution < 1.29 is 19.2 Å². The number of nitrogens with one attached hydrogen (secondary N) is 2. The van der Waals surface area contributed by atoms with Crippen molar-refractivity contribution in [2.45, 2.75) is 51.7 Å². The summed E-state index contributed by atoms with van der Waals surface area (Å²) in [6, 6.07) is 11.3. The Labute approximate surface area is 198 Å². The summed E-state index contributed by atoms with van der Waals surface area (Å²) < 4.78 is 0. The van der Waals surface area contributed by atoms with E-state index in [1.54, 1.807) is 34.1 Å². The molecule has 0 aliphatic carbocycles. The minimum atomic E-state index is -0.642. The Bertz CT molecular complexity index is 1190. The van der Waals surface area contributed by atoms with Crippen LogP contribution in [0.1, 0.15) is 59.4 Å². The highest BCUT2D eigenvalue weighted by Crippen LogP contribution is 2.31. The number of hydrogen-bond acceptors (Lipinski definition) is 4. The first-order valence-corrected chi connectivity index (χ1v) is 11.8. The number of carbonyl (C=O) groups is 4. The summed E-state index contributed by atoms with van der Waals surface area (Å²) in [5, 5.41) is 5.76. The summed E-state index contributed by atoms with van der Waals surface area (Å²) in [7, 11) is 0. The standard InChI is InChI=1S/C26H28N4O4/c1-15(2)12-22(30-14-16-6-3-4-7-18(16)25(30)33)24(32)27-17-9-10-20-19(13-17)26(34)29-11-5-8-21(29)23(31)28-20/h3-4,6-7,9-10,13,15,21-22H,5,8,11-12,14H2,1-2H3,(H,27,32)(H,28,31)/t21-,22+/m1/s1. The molecule has 3 aliphatic heterocycles. The average molecular weight is 461 g/mol. The number of carbonyl (C=O) groups excluding carboxylic acids is 4. The van der Waals surface area contributed by atoms with E-state index >= 15 is 0 Å². The van der Waals surface area contributed by atoms with Crippen LogP contribution in [-0.4, -0.2) is 52.1 Å². The van der Waals surface area contributed by atoms with Gasteiger partial charge >= 0.3 is 0 Å². The Morgan fingerprint density at radius 1 is 1.09 bits per heavy atom. The smallest absolute Gasteiger partial charge is 0.256 e. The summed E-state index contributed by atoms with van der Waals surface area (Å²) in [6.07, 6.45) is 1.96. The SMILES string of the molecule is CC(C)C[C@@H](C(=O)Nc1ccc2c(c1)C(=O)N1CCC[C@@H]1C(=O)N2)N1Cc2ccccc2C1=O. The van der Waals surface area contributed by atoms with Crippen molar-refractivity contribution in [3.05, 3.63) is 59.2 Å². The first-order chi connectivity index (χ1) is 16.3. The van der Waals surface area contributed by atoms with E-state index < -0.39 is 12.1 Å². The van der Waals surface area contributed by atoms with Gasteiger partial charge in [-0.15, -0.1) is 0 Å². The van der Waals surface area contributed by atoms with Crippen LogP contribution in [0.2, 0.25) is 0 Å². The third kappa shape index (κ3) is 3.83. The van der Waals surface area contributed by atoms with Gasteiger partial charge in [0.15, 0.2) is 0 Å². The van der Waals surface area contributed by atoms with Crippen LogP contribution in [0.5, 0.6) is 0 Å². The molecule has 0 spiro atoms. The number of rotatable bonds is 5. The molecular formula is C26H28N4O4. The Balaban J connectivity index is 1.40. The third-order valence-electron chi connectivity index (χ3n) is 6.81. The lowest BCUT2D eigenvalue weighted by Crippen LogP contribution is -2.45. The molecule has 2 aromatic rings. The zero-order chi connectivity index (χ0) is 24.0. The predicted molar refractivity (Wildman–Crippen MR) is 127 cm³/mol. The van der Waals surface area contributed by atoms with Gasteiger partial charge in [0.2, 0.25) is 11.8 Å². The van der Waals surface area contributed by atoms with E-state index in [1.807, 2.05) is 32.0 Å². The van der Waals surface area contributed by atoms with E-state index in [0.717, 1.165) is 12.0 Å². The molecule has 1 fully saturated rings. The number of nitrogens with zero attached hydrogens (tertiary/aromatic N) is 2. The fraction of sp³-hybridized carbons (Fsp3) is 0.385. The summed E-state index contributed by atoms with van der Waals surface area (Å²) in [5.74, 6) is -0.625. The maximum Gasteiger partial charge on any atom is 0.256 e. The topological polar surface area (TPSA) is 98.8 Å². The van der Waals surface area contributed by atoms with E-state index in [2.05, 4.69) is 10.6 Å². The van der Waals surface area contributed by atoms with Crippen LogP contribution in [0.15, 0.2) is 42.5 Å². The van der Waals surface area contributed by atoms with E-state index in [-0.39, 0.29) is 29.5 Å². The zero-order valence-corrected chi connectivity index (χ0v) is 19.3. The first kappa shape index (κ1) is 22.1. The number of anilines is 2. The zero-order valence-electron chi connectivity index (χ0n) is 19.3. The second-order valence-electron chi connectivity index (χ2n) is 9.63. The monoisotopic (exact) mass is 460 g/mol. The van der Waals surface area contributed by atoms with Crippen LogP contribution in [0.25, 0.3) is 0 Å². The molecule has 2 aromatic carbocycles. The molecule has 3 aliphatic rings. The van der Waals surface area contributed by atoms with Crippen LogP contribution in [0, 0.1) is 5.92 Å². The van der Waals surface area contributed by atoms with Crippen molar-refractivity contribution in [2.75, 3.05) is 17.2 Å². The van der Waals surface area contributed by atoms with Crippen LogP contribution in [0.4, 0.5) is 11.4 Å². The highest BCUT2D eigenvalue weighted by Gasteiger charge is 2.39. The number of hydrogen-bond donors (Lipinski definition) is 2. The fourth-order valence-electron chi connectivity index (χ4n) is 5.14. The molecule has 0 saturated carbocycles. The van der Waals surface area contributed by atoms with Gasteiger partial charge in [-0.25, -0.2) is 0 Å². The summed E-state index contributed by atoms with van der Waals surface area (Å²) in [5.41, 5.74) is 2.82. The molecular weight excluding hydrogens is 432 g/mol. The van der Waals surface area contributed by atoms with Crippen molar-refractivity contribution in [1.29, 1.82) is 0 Å². The largest absolute Gasteiger partial charge is 0.327 e. The van der Waals surface area contributed by atoms with Crippen molar-refractivity contribution in [3.8, 4) is 0 Å². The number of amides is 4. The molecule has 0 bridgehead atoms. The van der Waals surface area contributed by atoms with Gasteiger partial charge in [0.05, 0.1) is 11.3 Å². The molecule has 4 amide bonds. The summed E-state index contributed by atoms with van der Waals surface area (Å²) in [4.78, 5) is 55.3. The van der Waals surface area contributed by atoms with Crippen molar-refractivity contribution in [3.63, 3.8) is 0 Å².